The standard InChI is InChI=1S/C23H28Cl3N3O4S/c1-5-15(2)27-23(31)16(3)28(13-17-8-6-7-9-19(17)24)22(30)14-29(34(4,32)33)18-10-11-20(25)21(26)12-18/h6-12,15-16H,5,13-14H2,1-4H3,(H,27,31)/t15-,16-/m1/s1. The summed E-state index contributed by atoms with van der Waals surface area (Å²) in [6.07, 6.45) is 1.70. The Labute approximate surface area is 216 Å². The van der Waals surface area contributed by atoms with E-state index in [1.807, 2.05) is 13.8 Å². The lowest BCUT2D eigenvalue weighted by atomic mass is 10.1. The van der Waals surface area contributed by atoms with Gasteiger partial charge in [-0.25, -0.2) is 8.42 Å². The van der Waals surface area contributed by atoms with E-state index in [0.717, 1.165) is 17.0 Å². The van der Waals surface area contributed by atoms with E-state index in [1.54, 1.807) is 31.2 Å². The molecule has 0 fully saturated rings. The van der Waals surface area contributed by atoms with Gasteiger partial charge in [-0.2, -0.15) is 0 Å². The van der Waals surface area contributed by atoms with Crippen LogP contribution in [0.15, 0.2) is 42.5 Å². The molecule has 0 spiro atoms. The zero-order valence-corrected chi connectivity index (χ0v) is 22.5. The minimum absolute atomic E-state index is 0.0204. The molecule has 2 amide bonds. The largest absolute Gasteiger partial charge is 0.352 e. The number of benzene rings is 2. The van der Waals surface area contributed by atoms with Gasteiger partial charge in [0.25, 0.3) is 0 Å². The van der Waals surface area contributed by atoms with E-state index in [2.05, 4.69) is 5.32 Å². The van der Waals surface area contributed by atoms with Crippen LogP contribution in [0.25, 0.3) is 0 Å². The van der Waals surface area contributed by atoms with E-state index in [1.165, 1.54) is 23.1 Å². The van der Waals surface area contributed by atoms with Crippen LogP contribution in [0.5, 0.6) is 0 Å². The highest BCUT2D eigenvalue weighted by atomic mass is 35.5. The van der Waals surface area contributed by atoms with Crippen molar-refractivity contribution < 1.29 is 18.0 Å². The molecule has 0 saturated heterocycles. The van der Waals surface area contributed by atoms with Crippen molar-refractivity contribution in [2.45, 2.75) is 45.8 Å². The van der Waals surface area contributed by atoms with Crippen LogP contribution in [0.3, 0.4) is 0 Å². The fourth-order valence-corrected chi connectivity index (χ4v) is 4.44. The summed E-state index contributed by atoms with van der Waals surface area (Å²) in [4.78, 5) is 27.7. The molecular weight excluding hydrogens is 521 g/mol. The van der Waals surface area contributed by atoms with Crippen molar-refractivity contribution in [2.24, 2.45) is 0 Å². The molecule has 7 nitrogen and oxygen atoms in total. The Morgan fingerprint density at radius 1 is 1.00 bits per heavy atom. The topological polar surface area (TPSA) is 86.8 Å². The average Bonchev–Trinajstić information content (AvgIpc) is 2.77. The van der Waals surface area contributed by atoms with E-state index in [4.69, 9.17) is 34.8 Å². The first-order valence-corrected chi connectivity index (χ1v) is 13.6. The van der Waals surface area contributed by atoms with E-state index >= 15 is 0 Å². The second-order valence-corrected chi connectivity index (χ2v) is 11.1. The second kappa shape index (κ2) is 12.1. The smallest absolute Gasteiger partial charge is 0.244 e. The number of anilines is 1. The van der Waals surface area contributed by atoms with Crippen LogP contribution in [0, 0.1) is 0 Å². The normalized spacial score (nSPS) is 13.1. The molecule has 186 valence electrons. The van der Waals surface area contributed by atoms with E-state index in [9.17, 15) is 18.0 Å². The highest BCUT2D eigenvalue weighted by molar-refractivity contribution is 7.92. The maximum absolute atomic E-state index is 13.5. The van der Waals surface area contributed by atoms with Gasteiger partial charge in [-0.15, -0.1) is 0 Å². The Bertz CT molecular complexity index is 1140. The van der Waals surface area contributed by atoms with Crippen molar-refractivity contribution in [3.8, 4) is 0 Å². The zero-order chi connectivity index (χ0) is 25.6. The quantitative estimate of drug-likeness (QED) is 0.464. The van der Waals surface area contributed by atoms with E-state index in [0.29, 0.717) is 10.6 Å². The molecule has 0 bridgehead atoms. The van der Waals surface area contributed by atoms with Crippen molar-refractivity contribution in [3.05, 3.63) is 63.1 Å². The SMILES string of the molecule is CC[C@@H](C)NC(=O)[C@@H](C)N(Cc1ccccc1Cl)C(=O)CN(c1ccc(Cl)c(Cl)c1)S(C)(=O)=O. The molecule has 0 aromatic heterocycles. The molecule has 0 radical (unpaired) electrons. The van der Waals surface area contributed by atoms with Gasteiger partial charge >= 0.3 is 0 Å². The summed E-state index contributed by atoms with van der Waals surface area (Å²) in [6.45, 7) is 4.87. The third-order valence-electron chi connectivity index (χ3n) is 5.34. The molecule has 0 heterocycles. The van der Waals surface area contributed by atoms with Crippen molar-refractivity contribution in [2.75, 3.05) is 17.1 Å². The third kappa shape index (κ3) is 7.50. The number of nitrogens with zero attached hydrogens (tertiary/aromatic N) is 2. The highest BCUT2D eigenvalue weighted by Crippen LogP contribution is 2.29. The Kier molecular flexibility index (Phi) is 10.1. The molecule has 0 aliphatic heterocycles. The number of hydrogen-bond donors (Lipinski definition) is 1. The van der Waals surface area contributed by atoms with Gasteiger partial charge in [0.05, 0.1) is 22.0 Å². The third-order valence-corrected chi connectivity index (χ3v) is 7.59. The van der Waals surface area contributed by atoms with Gasteiger partial charge in [0.2, 0.25) is 21.8 Å². The van der Waals surface area contributed by atoms with E-state index in [-0.39, 0.29) is 34.2 Å². The first-order valence-electron chi connectivity index (χ1n) is 10.6. The minimum Gasteiger partial charge on any atom is -0.352 e. The molecule has 0 saturated carbocycles. The minimum atomic E-state index is -3.87. The number of nitrogens with one attached hydrogen (secondary N) is 1. The van der Waals surface area contributed by atoms with Gasteiger partial charge in [-0.3, -0.25) is 13.9 Å². The molecule has 1 N–H and O–H groups in total. The van der Waals surface area contributed by atoms with Gasteiger partial charge in [0.15, 0.2) is 0 Å². The van der Waals surface area contributed by atoms with Crippen molar-refractivity contribution in [1.29, 1.82) is 0 Å². The van der Waals surface area contributed by atoms with Gasteiger partial charge < -0.3 is 10.2 Å². The number of halogens is 3. The lowest BCUT2D eigenvalue weighted by Crippen LogP contribution is -2.52. The lowest BCUT2D eigenvalue weighted by molar-refractivity contribution is -0.139. The molecule has 0 unspecified atom stereocenters. The number of sulfonamides is 1. The fourth-order valence-electron chi connectivity index (χ4n) is 3.11. The van der Waals surface area contributed by atoms with Crippen LogP contribution in [-0.4, -0.2) is 50.0 Å². The Hall–Kier alpha value is -2.00. The molecule has 2 atom stereocenters. The van der Waals surface area contributed by atoms with Crippen molar-refractivity contribution >= 4 is 62.3 Å². The molecule has 34 heavy (non-hydrogen) atoms. The summed E-state index contributed by atoms with van der Waals surface area (Å²) < 4.78 is 26.1. The lowest BCUT2D eigenvalue weighted by Gasteiger charge is -2.32. The van der Waals surface area contributed by atoms with Gasteiger partial charge in [0.1, 0.15) is 12.6 Å². The summed E-state index contributed by atoms with van der Waals surface area (Å²) in [7, 11) is -3.87. The monoisotopic (exact) mass is 547 g/mol. The van der Waals surface area contributed by atoms with Crippen LogP contribution in [0.2, 0.25) is 15.1 Å². The summed E-state index contributed by atoms with van der Waals surface area (Å²) >= 11 is 18.3. The summed E-state index contributed by atoms with van der Waals surface area (Å²) in [5.41, 5.74) is 0.806. The summed E-state index contributed by atoms with van der Waals surface area (Å²) in [5, 5.41) is 3.69. The highest BCUT2D eigenvalue weighted by Gasteiger charge is 2.31. The molecular formula is C23H28Cl3N3O4S. The Balaban J connectivity index is 2.42. The maximum atomic E-state index is 13.5. The molecule has 2 aromatic rings. The fraction of sp³-hybridized carbons (Fsp3) is 0.391. The number of rotatable bonds is 10. The van der Waals surface area contributed by atoms with Crippen LogP contribution in [0.1, 0.15) is 32.8 Å². The number of carbonyl (C=O) groups excluding carboxylic acids is 2. The van der Waals surface area contributed by atoms with Crippen LogP contribution < -0.4 is 9.62 Å². The molecule has 11 heteroatoms. The first-order chi connectivity index (χ1) is 15.8. The molecule has 2 rings (SSSR count). The van der Waals surface area contributed by atoms with Gasteiger partial charge in [-0.1, -0.05) is 59.9 Å². The first kappa shape index (κ1) is 28.2. The number of amides is 2. The number of carbonyl (C=O) groups is 2. The van der Waals surface area contributed by atoms with Crippen LogP contribution in [0.4, 0.5) is 5.69 Å². The van der Waals surface area contributed by atoms with Crippen molar-refractivity contribution in [3.63, 3.8) is 0 Å². The molecule has 0 aliphatic rings. The Morgan fingerprint density at radius 3 is 2.21 bits per heavy atom. The van der Waals surface area contributed by atoms with Gasteiger partial charge in [-0.05, 0) is 50.1 Å². The maximum Gasteiger partial charge on any atom is 0.244 e. The number of hydrogen-bond acceptors (Lipinski definition) is 4. The summed E-state index contributed by atoms with van der Waals surface area (Å²) in [5.74, 6) is -0.932. The molecule has 0 aliphatic carbocycles. The van der Waals surface area contributed by atoms with E-state index < -0.39 is 28.5 Å². The van der Waals surface area contributed by atoms with Crippen LogP contribution >= 0.6 is 34.8 Å². The average molecular weight is 549 g/mol. The summed E-state index contributed by atoms with van der Waals surface area (Å²) in [6, 6.07) is 10.3. The van der Waals surface area contributed by atoms with Crippen molar-refractivity contribution in [1.82, 2.24) is 10.2 Å². The zero-order valence-electron chi connectivity index (χ0n) is 19.4. The predicted octanol–water partition coefficient (Wildman–Crippen LogP) is 4.74. The Morgan fingerprint density at radius 2 is 1.65 bits per heavy atom. The molecule has 2 aromatic carbocycles. The van der Waals surface area contributed by atoms with Gasteiger partial charge in [0, 0.05) is 17.6 Å². The second-order valence-electron chi connectivity index (χ2n) is 7.97. The predicted molar refractivity (Wildman–Crippen MR) is 138 cm³/mol. The van der Waals surface area contributed by atoms with Crippen LogP contribution in [-0.2, 0) is 26.2 Å².